The summed E-state index contributed by atoms with van der Waals surface area (Å²) in [6, 6.07) is 0.210. The lowest BCUT2D eigenvalue weighted by atomic mass is 10.7. The standard InChI is InChI=1S/C8H14N6O/c1-4-5-15-8-11-6(13-9)10-7(12-8)14(2)3/h4H,1,5,9H2,2-3H3,(H,10,11,12,13). The third-order valence-corrected chi connectivity index (χ3v) is 1.46. The second kappa shape index (κ2) is 5.11. The zero-order valence-corrected chi connectivity index (χ0v) is 8.77. The van der Waals surface area contributed by atoms with Crippen LogP contribution in [0.3, 0.4) is 0 Å². The maximum atomic E-state index is 5.22. The molecule has 7 heteroatoms. The quantitative estimate of drug-likeness (QED) is 0.395. The van der Waals surface area contributed by atoms with Crippen LogP contribution < -0.4 is 20.9 Å². The smallest absolute Gasteiger partial charge is 0.323 e. The number of nitrogens with zero attached hydrogens (tertiary/aromatic N) is 4. The maximum absolute atomic E-state index is 5.22. The van der Waals surface area contributed by atoms with Gasteiger partial charge in [0.25, 0.3) is 0 Å². The summed E-state index contributed by atoms with van der Waals surface area (Å²) in [6.07, 6.45) is 1.61. The Morgan fingerprint density at radius 1 is 1.47 bits per heavy atom. The van der Waals surface area contributed by atoms with Crippen molar-refractivity contribution in [2.24, 2.45) is 5.84 Å². The summed E-state index contributed by atoms with van der Waals surface area (Å²) in [4.78, 5) is 13.7. The molecule has 0 aliphatic carbocycles. The van der Waals surface area contributed by atoms with Gasteiger partial charge in [-0.2, -0.15) is 15.0 Å². The molecule has 1 aromatic heterocycles. The average molecular weight is 210 g/mol. The fraction of sp³-hybridized carbons (Fsp3) is 0.375. The molecule has 0 atom stereocenters. The first-order chi connectivity index (χ1) is 7.17. The predicted octanol–water partition coefficient (Wildman–Crippen LogP) is -0.212. The average Bonchev–Trinajstić information content (AvgIpc) is 2.25. The molecule has 1 aromatic rings. The van der Waals surface area contributed by atoms with E-state index in [0.717, 1.165) is 0 Å². The van der Waals surface area contributed by atoms with E-state index in [1.165, 1.54) is 0 Å². The summed E-state index contributed by atoms with van der Waals surface area (Å²) < 4.78 is 5.19. The van der Waals surface area contributed by atoms with E-state index in [9.17, 15) is 0 Å². The molecule has 1 heterocycles. The Labute approximate surface area is 88.0 Å². The van der Waals surface area contributed by atoms with Gasteiger partial charge in [-0.1, -0.05) is 12.7 Å². The summed E-state index contributed by atoms with van der Waals surface area (Å²) in [6.45, 7) is 3.86. The monoisotopic (exact) mass is 210 g/mol. The van der Waals surface area contributed by atoms with Gasteiger partial charge in [0, 0.05) is 14.1 Å². The number of nitrogen functional groups attached to an aromatic ring is 1. The van der Waals surface area contributed by atoms with E-state index in [1.54, 1.807) is 11.0 Å². The van der Waals surface area contributed by atoms with Crippen LogP contribution in [0.2, 0.25) is 0 Å². The van der Waals surface area contributed by atoms with Crippen molar-refractivity contribution in [1.29, 1.82) is 0 Å². The first-order valence-electron chi connectivity index (χ1n) is 4.31. The third-order valence-electron chi connectivity index (χ3n) is 1.46. The summed E-state index contributed by atoms with van der Waals surface area (Å²) in [5.74, 6) is 5.95. The summed E-state index contributed by atoms with van der Waals surface area (Å²) in [7, 11) is 3.62. The number of aromatic nitrogens is 3. The number of anilines is 2. The van der Waals surface area contributed by atoms with E-state index < -0.39 is 0 Å². The Hall–Kier alpha value is -1.89. The fourth-order valence-electron chi connectivity index (χ4n) is 0.808. The number of hydrogen-bond acceptors (Lipinski definition) is 7. The summed E-state index contributed by atoms with van der Waals surface area (Å²) in [5.41, 5.74) is 2.34. The SMILES string of the molecule is C=CCOc1nc(NN)nc(N(C)C)n1. The Kier molecular flexibility index (Phi) is 3.81. The van der Waals surface area contributed by atoms with Crippen LogP contribution in [0.4, 0.5) is 11.9 Å². The number of hydrazine groups is 1. The minimum absolute atomic E-state index is 0.210. The van der Waals surface area contributed by atoms with E-state index in [-0.39, 0.29) is 12.0 Å². The van der Waals surface area contributed by atoms with Gasteiger partial charge in [-0.05, 0) is 0 Å². The van der Waals surface area contributed by atoms with Crippen LogP contribution in [0.25, 0.3) is 0 Å². The highest BCUT2D eigenvalue weighted by Gasteiger charge is 2.07. The summed E-state index contributed by atoms with van der Waals surface area (Å²) in [5, 5.41) is 0. The number of hydrogen-bond donors (Lipinski definition) is 2. The third kappa shape index (κ3) is 3.06. The molecular weight excluding hydrogens is 196 g/mol. The number of rotatable bonds is 5. The molecule has 7 nitrogen and oxygen atoms in total. The van der Waals surface area contributed by atoms with Gasteiger partial charge < -0.3 is 9.64 Å². The lowest BCUT2D eigenvalue weighted by Crippen LogP contribution is -2.18. The Balaban J connectivity index is 2.94. The van der Waals surface area contributed by atoms with E-state index in [1.807, 2.05) is 14.1 Å². The van der Waals surface area contributed by atoms with Crippen LogP contribution in [-0.2, 0) is 0 Å². The number of ether oxygens (including phenoxy) is 1. The lowest BCUT2D eigenvalue weighted by molar-refractivity contribution is 0.333. The van der Waals surface area contributed by atoms with Gasteiger partial charge in [-0.25, -0.2) is 5.84 Å². The van der Waals surface area contributed by atoms with Gasteiger partial charge in [0.1, 0.15) is 6.61 Å². The molecule has 0 aliphatic heterocycles. The fourth-order valence-corrected chi connectivity index (χ4v) is 0.808. The van der Waals surface area contributed by atoms with Gasteiger partial charge in [-0.3, -0.25) is 5.43 Å². The predicted molar refractivity (Wildman–Crippen MR) is 57.7 cm³/mol. The lowest BCUT2D eigenvalue weighted by Gasteiger charge is -2.11. The van der Waals surface area contributed by atoms with Crippen molar-refractivity contribution in [2.75, 3.05) is 31.0 Å². The van der Waals surface area contributed by atoms with Crippen LogP contribution >= 0.6 is 0 Å². The molecule has 0 saturated carbocycles. The Bertz CT molecular complexity index is 340. The highest BCUT2D eigenvalue weighted by atomic mass is 16.5. The van der Waals surface area contributed by atoms with Gasteiger partial charge >= 0.3 is 6.01 Å². The van der Waals surface area contributed by atoms with Gasteiger partial charge in [0.2, 0.25) is 11.9 Å². The van der Waals surface area contributed by atoms with Crippen LogP contribution in [0, 0.1) is 0 Å². The molecule has 0 aromatic carbocycles. The van der Waals surface area contributed by atoms with E-state index in [0.29, 0.717) is 12.6 Å². The van der Waals surface area contributed by atoms with Gasteiger partial charge in [0.05, 0.1) is 0 Å². The topological polar surface area (TPSA) is 89.2 Å². The van der Waals surface area contributed by atoms with Gasteiger partial charge in [0.15, 0.2) is 0 Å². The number of nitrogens with one attached hydrogen (secondary N) is 1. The maximum Gasteiger partial charge on any atom is 0.323 e. The van der Waals surface area contributed by atoms with Crippen molar-refractivity contribution in [3.63, 3.8) is 0 Å². The molecule has 0 unspecified atom stereocenters. The second-order valence-electron chi connectivity index (χ2n) is 2.88. The minimum atomic E-state index is 0.210. The van der Waals surface area contributed by atoms with Crippen molar-refractivity contribution >= 4 is 11.9 Å². The minimum Gasteiger partial charge on any atom is -0.459 e. The molecule has 3 N–H and O–H groups in total. The molecule has 0 bridgehead atoms. The molecule has 0 spiro atoms. The molecule has 0 fully saturated rings. The van der Waals surface area contributed by atoms with Crippen molar-refractivity contribution in [1.82, 2.24) is 15.0 Å². The Morgan fingerprint density at radius 2 is 2.20 bits per heavy atom. The van der Waals surface area contributed by atoms with E-state index in [2.05, 4.69) is 27.0 Å². The first kappa shape index (κ1) is 11.2. The van der Waals surface area contributed by atoms with Crippen molar-refractivity contribution in [3.05, 3.63) is 12.7 Å². The highest BCUT2D eigenvalue weighted by Crippen LogP contribution is 2.11. The molecule has 1 rings (SSSR count). The highest BCUT2D eigenvalue weighted by molar-refractivity contribution is 5.36. The summed E-state index contributed by atoms with van der Waals surface area (Å²) >= 11 is 0. The van der Waals surface area contributed by atoms with E-state index >= 15 is 0 Å². The van der Waals surface area contributed by atoms with Gasteiger partial charge in [-0.15, -0.1) is 0 Å². The van der Waals surface area contributed by atoms with Crippen LogP contribution in [0.15, 0.2) is 12.7 Å². The molecule has 82 valence electrons. The van der Waals surface area contributed by atoms with Crippen molar-refractivity contribution < 1.29 is 4.74 Å². The van der Waals surface area contributed by atoms with Crippen LogP contribution in [-0.4, -0.2) is 35.7 Å². The first-order valence-corrected chi connectivity index (χ1v) is 4.31. The molecule has 0 saturated heterocycles. The molecule has 0 amide bonds. The van der Waals surface area contributed by atoms with Crippen molar-refractivity contribution in [3.8, 4) is 6.01 Å². The normalized spacial score (nSPS) is 9.53. The molecule has 0 radical (unpaired) electrons. The van der Waals surface area contributed by atoms with Crippen LogP contribution in [0.1, 0.15) is 0 Å². The van der Waals surface area contributed by atoms with Crippen molar-refractivity contribution in [2.45, 2.75) is 0 Å². The molecular formula is C8H14N6O. The van der Waals surface area contributed by atoms with Crippen LogP contribution in [0.5, 0.6) is 6.01 Å². The second-order valence-corrected chi connectivity index (χ2v) is 2.88. The molecule has 0 aliphatic rings. The zero-order chi connectivity index (χ0) is 11.3. The largest absolute Gasteiger partial charge is 0.459 e. The molecule has 15 heavy (non-hydrogen) atoms. The number of nitrogens with two attached hydrogens (primary N) is 1. The zero-order valence-electron chi connectivity index (χ0n) is 8.77. The van der Waals surface area contributed by atoms with E-state index in [4.69, 9.17) is 10.6 Å². The Morgan fingerprint density at radius 3 is 2.73 bits per heavy atom.